The molecule has 0 unspecified atom stereocenters. The molecule has 1 rings (SSSR count). The van der Waals surface area contributed by atoms with Crippen LogP contribution in [-0.4, -0.2) is 24.4 Å². The summed E-state index contributed by atoms with van der Waals surface area (Å²) in [5, 5.41) is 19.8. The standard InChI is InChI=1S/C8H7N3O3/c9-3-4-13-11-7(5-10)8(12)14-6-1-2-6/h6H,1-2,4H2. The van der Waals surface area contributed by atoms with Crippen molar-refractivity contribution >= 4 is 11.7 Å². The predicted octanol–water partition coefficient (Wildman–Crippen LogP) is 0.112. The van der Waals surface area contributed by atoms with Gasteiger partial charge < -0.3 is 9.57 Å². The zero-order chi connectivity index (χ0) is 10.4. The first-order chi connectivity index (χ1) is 6.77. The minimum Gasteiger partial charge on any atom is -0.457 e. The van der Waals surface area contributed by atoms with E-state index in [9.17, 15) is 4.79 Å². The zero-order valence-electron chi connectivity index (χ0n) is 7.27. The average molecular weight is 193 g/mol. The van der Waals surface area contributed by atoms with E-state index in [1.165, 1.54) is 6.07 Å². The molecule has 0 saturated heterocycles. The molecular formula is C8H7N3O3. The quantitative estimate of drug-likeness (QED) is 0.273. The van der Waals surface area contributed by atoms with Gasteiger partial charge in [0.05, 0.1) is 0 Å². The van der Waals surface area contributed by atoms with Crippen LogP contribution in [0.2, 0.25) is 0 Å². The fourth-order valence-corrected chi connectivity index (χ4v) is 0.622. The second kappa shape index (κ2) is 4.83. The number of oxime groups is 1. The molecule has 14 heavy (non-hydrogen) atoms. The van der Waals surface area contributed by atoms with Crippen molar-refractivity contribution in [3.63, 3.8) is 0 Å². The fraction of sp³-hybridized carbons (Fsp3) is 0.500. The smallest absolute Gasteiger partial charge is 0.371 e. The van der Waals surface area contributed by atoms with Crippen molar-refractivity contribution in [3.05, 3.63) is 0 Å². The summed E-state index contributed by atoms with van der Waals surface area (Å²) in [5.74, 6) is -0.798. The Morgan fingerprint density at radius 3 is 2.71 bits per heavy atom. The minimum atomic E-state index is -0.798. The van der Waals surface area contributed by atoms with E-state index < -0.39 is 11.7 Å². The highest BCUT2D eigenvalue weighted by Crippen LogP contribution is 2.23. The van der Waals surface area contributed by atoms with Crippen molar-refractivity contribution < 1.29 is 14.4 Å². The SMILES string of the molecule is N#CCON=C(C#N)C(=O)OC1CC1. The Bertz CT molecular complexity index is 333. The highest BCUT2D eigenvalue weighted by atomic mass is 16.6. The molecule has 0 aromatic heterocycles. The molecule has 1 aliphatic carbocycles. The topological polar surface area (TPSA) is 95.5 Å². The number of hydrogen-bond donors (Lipinski definition) is 0. The Balaban J connectivity index is 2.43. The summed E-state index contributed by atoms with van der Waals surface area (Å²) in [7, 11) is 0. The maximum atomic E-state index is 11.1. The monoisotopic (exact) mass is 193 g/mol. The number of carbonyl (C=O) groups excluding carboxylic acids is 1. The molecule has 0 amide bonds. The van der Waals surface area contributed by atoms with Crippen LogP contribution >= 0.6 is 0 Å². The Morgan fingerprint density at radius 2 is 2.21 bits per heavy atom. The number of rotatable bonds is 4. The van der Waals surface area contributed by atoms with Gasteiger partial charge in [-0.2, -0.15) is 10.5 Å². The van der Waals surface area contributed by atoms with Crippen LogP contribution in [0, 0.1) is 22.7 Å². The number of ether oxygens (including phenoxy) is 1. The lowest BCUT2D eigenvalue weighted by Gasteiger charge is -1.98. The summed E-state index contributed by atoms with van der Waals surface area (Å²) >= 11 is 0. The number of nitrogens with zero attached hydrogens (tertiary/aromatic N) is 3. The van der Waals surface area contributed by atoms with E-state index in [1.54, 1.807) is 6.07 Å². The number of hydrogen-bond acceptors (Lipinski definition) is 6. The molecule has 1 aliphatic rings. The highest BCUT2D eigenvalue weighted by Gasteiger charge is 2.28. The molecule has 72 valence electrons. The van der Waals surface area contributed by atoms with Gasteiger partial charge in [0.25, 0.3) is 5.71 Å². The fourth-order valence-electron chi connectivity index (χ4n) is 0.622. The van der Waals surface area contributed by atoms with Gasteiger partial charge in [-0.05, 0) is 12.8 Å². The molecule has 6 nitrogen and oxygen atoms in total. The van der Waals surface area contributed by atoms with Crippen molar-refractivity contribution in [1.82, 2.24) is 0 Å². The lowest BCUT2D eigenvalue weighted by Crippen LogP contribution is -2.17. The lowest BCUT2D eigenvalue weighted by molar-refractivity contribution is -0.136. The van der Waals surface area contributed by atoms with Crippen molar-refractivity contribution in [3.8, 4) is 12.1 Å². The second-order valence-electron chi connectivity index (χ2n) is 2.59. The third-order valence-electron chi connectivity index (χ3n) is 1.38. The molecule has 0 bridgehead atoms. The molecule has 1 fully saturated rings. The van der Waals surface area contributed by atoms with Crippen LogP contribution in [-0.2, 0) is 14.4 Å². The van der Waals surface area contributed by atoms with E-state index in [2.05, 4.69) is 9.99 Å². The van der Waals surface area contributed by atoms with Crippen LogP contribution in [0.1, 0.15) is 12.8 Å². The van der Waals surface area contributed by atoms with Gasteiger partial charge in [0, 0.05) is 0 Å². The molecule has 6 heteroatoms. The Hall–Kier alpha value is -2.08. The van der Waals surface area contributed by atoms with Crippen LogP contribution in [0.15, 0.2) is 5.16 Å². The number of esters is 1. The Labute approximate surface area is 80.3 Å². The van der Waals surface area contributed by atoms with Gasteiger partial charge in [-0.1, -0.05) is 5.16 Å². The largest absolute Gasteiger partial charge is 0.457 e. The van der Waals surface area contributed by atoms with Crippen molar-refractivity contribution in [2.24, 2.45) is 5.16 Å². The summed E-state index contributed by atoms with van der Waals surface area (Å²) in [6, 6.07) is 3.18. The van der Waals surface area contributed by atoms with Crippen molar-refractivity contribution in [2.45, 2.75) is 18.9 Å². The van der Waals surface area contributed by atoms with Crippen molar-refractivity contribution in [1.29, 1.82) is 10.5 Å². The summed E-state index contributed by atoms with van der Waals surface area (Å²) in [5.41, 5.74) is -0.466. The molecule has 0 heterocycles. The number of nitriles is 2. The first-order valence-corrected chi connectivity index (χ1v) is 3.96. The average Bonchev–Trinajstić information content (AvgIpc) is 2.96. The van der Waals surface area contributed by atoms with E-state index in [0.29, 0.717) is 0 Å². The predicted molar refractivity (Wildman–Crippen MR) is 43.7 cm³/mol. The van der Waals surface area contributed by atoms with Crippen LogP contribution in [0.4, 0.5) is 0 Å². The molecule has 0 aromatic carbocycles. The van der Waals surface area contributed by atoms with Crippen LogP contribution in [0.25, 0.3) is 0 Å². The summed E-state index contributed by atoms with van der Waals surface area (Å²) in [6.07, 6.45) is 1.56. The molecule has 1 saturated carbocycles. The summed E-state index contributed by atoms with van der Waals surface area (Å²) < 4.78 is 4.79. The maximum absolute atomic E-state index is 11.1. The first kappa shape index (κ1) is 10.0. The van der Waals surface area contributed by atoms with E-state index in [0.717, 1.165) is 12.8 Å². The lowest BCUT2D eigenvalue weighted by atomic mass is 10.4. The Morgan fingerprint density at radius 1 is 1.50 bits per heavy atom. The Kier molecular flexibility index (Phi) is 3.45. The molecule has 0 spiro atoms. The van der Waals surface area contributed by atoms with Gasteiger partial charge in [-0.3, -0.25) is 0 Å². The third kappa shape index (κ3) is 3.11. The summed E-state index contributed by atoms with van der Waals surface area (Å²) in [4.78, 5) is 15.4. The normalized spacial score (nSPS) is 15.1. The zero-order valence-corrected chi connectivity index (χ0v) is 7.27. The van der Waals surface area contributed by atoms with Gasteiger partial charge in [0.1, 0.15) is 18.2 Å². The molecule has 0 aromatic rings. The van der Waals surface area contributed by atoms with Gasteiger partial charge in [-0.25, -0.2) is 4.79 Å². The second-order valence-corrected chi connectivity index (χ2v) is 2.59. The first-order valence-electron chi connectivity index (χ1n) is 3.96. The molecular weight excluding hydrogens is 186 g/mol. The molecule has 0 atom stereocenters. The van der Waals surface area contributed by atoms with Gasteiger partial charge in [-0.15, -0.1) is 0 Å². The van der Waals surface area contributed by atoms with E-state index in [4.69, 9.17) is 15.3 Å². The van der Waals surface area contributed by atoms with Gasteiger partial charge in [0.2, 0.25) is 6.61 Å². The van der Waals surface area contributed by atoms with Crippen LogP contribution in [0.5, 0.6) is 0 Å². The van der Waals surface area contributed by atoms with Crippen LogP contribution < -0.4 is 0 Å². The van der Waals surface area contributed by atoms with Crippen LogP contribution in [0.3, 0.4) is 0 Å². The number of carbonyl (C=O) groups is 1. The highest BCUT2D eigenvalue weighted by molar-refractivity contribution is 6.42. The summed E-state index contributed by atoms with van der Waals surface area (Å²) in [6.45, 7) is -0.304. The molecule has 0 radical (unpaired) electrons. The van der Waals surface area contributed by atoms with Crippen molar-refractivity contribution in [2.75, 3.05) is 6.61 Å². The van der Waals surface area contributed by atoms with E-state index in [-0.39, 0.29) is 12.7 Å². The van der Waals surface area contributed by atoms with E-state index in [1.807, 2.05) is 0 Å². The third-order valence-corrected chi connectivity index (χ3v) is 1.38. The minimum absolute atomic E-state index is 0.0861. The van der Waals surface area contributed by atoms with E-state index >= 15 is 0 Å². The maximum Gasteiger partial charge on any atom is 0.371 e. The van der Waals surface area contributed by atoms with Gasteiger partial charge in [0.15, 0.2) is 0 Å². The van der Waals surface area contributed by atoms with Gasteiger partial charge >= 0.3 is 5.97 Å². The molecule has 0 aliphatic heterocycles. The molecule has 0 N–H and O–H groups in total.